The van der Waals surface area contributed by atoms with Crippen LogP contribution in [0.4, 0.5) is 0 Å². The first-order chi connectivity index (χ1) is 11.2. The van der Waals surface area contributed by atoms with E-state index in [0.29, 0.717) is 18.1 Å². The van der Waals surface area contributed by atoms with E-state index in [1.54, 1.807) is 24.2 Å². The Balaban J connectivity index is 1.37. The summed E-state index contributed by atoms with van der Waals surface area (Å²) in [6.07, 6.45) is 9.36. The second-order valence-electron chi connectivity index (χ2n) is 6.20. The van der Waals surface area contributed by atoms with Crippen LogP contribution in [0.25, 0.3) is 0 Å². The monoisotopic (exact) mass is 334 g/mol. The highest BCUT2D eigenvalue weighted by molar-refractivity contribution is 7.99. The van der Waals surface area contributed by atoms with Gasteiger partial charge in [-0.15, -0.1) is 0 Å². The fraction of sp³-hybridized carbons (Fsp3) is 0.625. The largest absolute Gasteiger partial charge is 0.353 e. The molecule has 1 aromatic rings. The molecule has 1 aliphatic heterocycles. The van der Waals surface area contributed by atoms with Crippen molar-refractivity contribution in [3.8, 4) is 0 Å². The van der Waals surface area contributed by atoms with Crippen molar-refractivity contribution in [2.45, 2.75) is 67.4 Å². The molecule has 2 heterocycles. The molecule has 6 nitrogen and oxygen atoms in total. The number of nitrogens with one attached hydrogen (secondary N) is 2. The molecular weight excluding hydrogens is 312 g/mol. The molecule has 2 fully saturated rings. The lowest BCUT2D eigenvalue weighted by Gasteiger charge is -2.28. The number of hydrogen-bond acceptors (Lipinski definition) is 5. The fourth-order valence-corrected chi connectivity index (χ4v) is 4.21. The SMILES string of the molecule is O=C(C[C@@H]1CCC(=O)N1)NC1CCC(Sc2ncccn2)CC1. The summed E-state index contributed by atoms with van der Waals surface area (Å²) in [6.45, 7) is 0. The molecule has 0 spiro atoms. The quantitative estimate of drug-likeness (QED) is 0.800. The van der Waals surface area contributed by atoms with Gasteiger partial charge >= 0.3 is 0 Å². The summed E-state index contributed by atoms with van der Waals surface area (Å²) in [5, 5.41) is 7.31. The standard InChI is InChI=1S/C16H22N4O2S/c21-14-7-4-12(20-14)10-15(22)19-11-2-5-13(6-3-11)23-16-17-8-1-9-18-16/h1,8-9,11-13H,2-7,10H2,(H,19,22)(H,20,21)/t11?,12-,13?/m0/s1. The molecule has 0 bridgehead atoms. The highest BCUT2D eigenvalue weighted by Gasteiger charge is 2.26. The predicted molar refractivity (Wildman–Crippen MR) is 87.9 cm³/mol. The maximum atomic E-state index is 12.1. The summed E-state index contributed by atoms with van der Waals surface area (Å²) in [5.41, 5.74) is 0. The Kier molecular flexibility index (Phi) is 5.48. The number of rotatable bonds is 5. The average Bonchev–Trinajstić information content (AvgIpc) is 2.95. The van der Waals surface area contributed by atoms with E-state index >= 15 is 0 Å². The Labute approximate surface area is 140 Å². The van der Waals surface area contributed by atoms with Crippen molar-refractivity contribution in [1.29, 1.82) is 0 Å². The zero-order chi connectivity index (χ0) is 16.1. The van der Waals surface area contributed by atoms with Crippen LogP contribution in [0.15, 0.2) is 23.6 Å². The Morgan fingerprint density at radius 3 is 2.61 bits per heavy atom. The van der Waals surface area contributed by atoms with Gasteiger partial charge in [0.25, 0.3) is 0 Å². The van der Waals surface area contributed by atoms with Gasteiger partial charge in [0.1, 0.15) is 0 Å². The number of carbonyl (C=O) groups is 2. The Morgan fingerprint density at radius 1 is 1.22 bits per heavy atom. The molecule has 1 saturated heterocycles. The Morgan fingerprint density at radius 2 is 1.96 bits per heavy atom. The molecule has 1 aliphatic carbocycles. The minimum atomic E-state index is 0.0182. The normalized spacial score (nSPS) is 27.5. The highest BCUT2D eigenvalue weighted by atomic mass is 32.2. The van der Waals surface area contributed by atoms with Crippen LogP contribution >= 0.6 is 11.8 Å². The van der Waals surface area contributed by atoms with Gasteiger partial charge in [-0.3, -0.25) is 9.59 Å². The topological polar surface area (TPSA) is 84.0 Å². The first-order valence-corrected chi connectivity index (χ1v) is 9.09. The van der Waals surface area contributed by atoms with E-state index in [2.05, 4.69) is 20.6 Å². The molecule has 124 valence electrons. The summed E-state index contributed by atoms with van der Waals surface area (Å²) in [7, 11) is 0. The summed E-state index contributed by atoms with van der Waals surface area (Å²) in [6, 6.07) is 2.10. The van der Waals surface area contributed by atoms with Gasteiger partial charge in [-0.25, -0.2) is 9.97 Å². The third-order valence-corrected chi connectivity index (χ3v) is 5.60. The van der Waals surface area contributed by atoms with Crippen LogP contribution in [0.3, 0.4) is 0 Å². The van der Waals surface area contributed by atoms with Gasteiger partial charge in [0.15, 0.2) is 5.16 Å². The van der Waals surface area contributed by atoms with Gasteiger partial charge in [0.05, 0.1) is 0 Å². The van der Waals surface area contributed by atoms with Crippen molar-refractivity contribution in [2.24, 2.45) is 0 Å². The van der Waals surface area contributed by atoms with Gasteiger partial charge in [0, 0.05) is 42.6 Å². The second-order valence-corrected chi connectivity index (χ2v) is 7.47. The number of hydrogen-bond donors (Lipinski definition) is 2. The number of carbonyl (C=O) groups excluding carboxylic acids is 2. The maximum Gasteiger partial charge on any atom is 0.222 e. The minimum absolute atomic E-state index is 0.0182. The van der Waals surface area contributed by atoms with Crippen LogP contribution in [0.1, 0.15) is 44.9 Å². The van der Waals surface area contributed by atoms with E-state index in [-0.39, 0.29) is 23.9 Å². The summed E-state index contributed by atoms with van der Waals surface area (Å²) in [5.74, 6) is 0.114. The number of amides is 2. The number of thioether (sulfide) groups is 1. The van der Waals surface area contributed by atoms with Crippen LogP contribution in [0.5, 0.6) is 0 Å². The second kappa shape index (κ2) is 7.77. The van der Waals surface area contributed by atoms with Gasteiger partial charge in [-0.2, -0.15) is 0 Å². The van der Waals surface area contributed by atoms with Crippen molar-refractivity contribution in [3.63, 3.8) is 0 Å². The first kappa shape index (κ1) is 16.2. The Hall–Kier alpha value is -1.63. The van der Waals surface area contributed by atoms with Crippen molar-refractivity contribution >= 4 is 23.6 Å². The van der Waals surface area contributed by atoms with Crippen molar-refractivity contribution < 1.29 is 9.59 Å². The molecule has 0 unspecified atom stereocenters. The predicted octanol–water partition coefficient (Wildman–Crippen LogP) is 1.66. The van der Waals surface area contributed by atoms with Crippen molar-refractivity contribution in [2.75, 3.05) is 0 Å². The molecule has 1 saturated carbocycles. The van der Waals surface area contributed by atoms with Crippen LogP contribution in [0, 0.1) is 0 Å². The zero-order valence-corrected chi connectivity index (χ0v) is 13.8. The lowest BCUT2D eigenvalue weighted by Crippen LogP contribution is -2.40. The lowest BCUT2D eigenvalue weighted by atomic mass is 9.94. The smallest absolute Gasteiger partial charge is 0.222 e. The van der Waals surface area contributed by atoms with Crippen LogP contribution < -0.4 is 10.6 Å². The molecule has 2 N–H and O–H groups in total. The third-order valence-electron chi connectivity index (χ3n) is 4.37. The first-order valence-electron chi connectivity index (χ1n) is 8.21. The molecule has 0 aromatic carbocycles. The molecule has 7 heteroatoms. The van der Waals surface area contributed by atoms with Crippen molar-refractivity contribution in [3.05, 3.63) is 18.5 Å². The molecule has 1 aromatic heterocycles. The zero-order valence-electron chi connectivity index (χ0n) is 13.0. The van der Waals surface area contributed by atoms with Crippen LogP contribution in [-0.4, -0.2) is 39.1 Å². The lowest BCUT2D eigenvalue weighted by molar-refractivity contribution is -0.122. The van der Waals surface area contributed by atoms with E-state index in [9.17, 15) is 9.59 Å². The molecule has 2 aliphatic rings. The highest BCUT2D eigenvalue weighted by Crippen LogP contribution is 2.31. The summed E-state index contributed by atoms with van der Waals surface area (Å²) >= 11 is 1.73. The molecule has 23 heavy (non-hydrogen) atoms. The van der Waals surface area contributed by atoms with Crippen LogP contribution in [-0.2, 0) is 9.59 Å². The van der Waals surface area contributed by atoms with E-state index in [1.807, 2.05) is 6.07 Å². The third kappa shape index (κ3) is 4.92. The van der Waals surface area contributed by atoms with Gasteiger partial charge in [-0.05, 0) is 38.2 Å². The molecule has 2 amide bonds. The Bertz CT molecular complexity index is 546. The molecule has 3 rings (SSSR count). The van der Waals surface area contributed by atoms with Crippen LogP contribution in [0.2, 0.25) is 0 Å². The molecule has 0 radical (unpaired) electrons. The van der Waals surface area contributed by atoms with Gasteiger partial charge in [-0.1, -0.05) is 11.8 Å². The van der Waals surface area contributed by atoms with E-state index in [0.717, 1.165) is 37.3 Å². The van der Waals surface area contributed by atoms with Gasteiger partial charge in [0.2, 0.25) is 11.8 Å². The average molecular weight is 334 g/mol. The summed E-state index contributed by atoms with van der Waals surface area (Å²) in [4.78, 5) is 31.7. The maximum absolute atomic E-state index is 12.1. The van der Waals surface area contributed by atoms with Gasteiger partial charge < -0.3 is 10.6 Å². The number of aromatic nitrogens is 2. The number of nitrogens with zero attached hydrogens (tertiary/aromatic N) is 2. The summed E-state index contributed by atoms with van der Waals surface area (Å²) < 4.78 is 0. The van der Waals surface area contributed by atoms with Crippen molar-refractivity contribution in [1.82, 2.24) is 20.6 Å². The minimum Gasteiger partial charge on any atom is -0.353 e. The van der Waals surface area contributed by atoms with E-state index in [4.69, 9.17) is 0 Å². The van der Waals surface area contributed by atoms with E-state index in [1.165, 1.54) is 0 Å². The molecule has 1 atom stereocenters. The fourth-order valence-electron chi connectivity index (χ4n) is 3.16. The van der Waals surface area contributed by atoms with E-state index < -0.39 is 0 Å². The molecular formula is C16H22N4O2S.